The molecule has 1 aromatic rings. The number of β-amino-alcohol motifs (C(OH)–C–C–N with tert-alkyl or cyclic N) is 1. The lowest BCUT2D eigenvalue weighted by Gasteiger charge is -2.20. The second kappa shape index (κ2) is 6.41. The highest BCUT2D eigenvalue weighted by molar-refractivity contribution is 6.31. The quantitative estimate of drug-likeness (QED) is 0.861. The van der Waals surface area contributed by atoms with Crippen molar-refractivity contribution < 1.29 is 5.11 Å². The molecule has 1 heterocycles. The molecular weight excluding hydrogens is 248 g/mol. The van der Waals surface area contributed by atoms with Crippen molar-refractivity contribution in [2.45, 2.75) is 25.9 Å². The third kappa shape index (κ3) is 3.61. The van der Waals surface area contributed by atoms with E-state index in [2.05, 4.69) is 10.2 Å². The molecule has 1 unspecified atom stereocenters. The number of aliphatic hydroxyl groups excluding tert-OH is 1. The van der Waals surface area contributed by atoms with Crippen LogP contribution in [0.1, 0.15) is 18.4 Å². The summed E-state index contributed by atoms with van der Waals surface area (Å²) in [6, 6.07) is 5.79. The Bertz CT molecular complexity index is 391. The van der Waals surface area contributed by atoms with Gasteiger partial charge < -0.3 is 15.3 Å². The van der Waals surface area contributed by atoms with Crippen molar-refractivity contribution in [1.82, 2.24) is 4.90 Å². The molecule has 4 heteroatoms. The Labute approximate surface area is 114 Å². The van der Waals surface area contributed by atoms with Crippen LogP contribution in [-0.2, 0) is 0 Å². The summed E-state index contributed by atoms with van der Waals surface area (Å²) in [6.45, 7) is 5.54. The first-order valence-electron chi connectivity index (χ1n) is 6.56. The summed E-state index contributed by atoms with van der Waals surface area (Å²) in [5, 5.41) is 14.0. The van der Waals surface area contributed by atoms with Gasteiger partial charge in [0.15, 0.2) is 0 Å². The molecule has 2 rings (SSSR count). The van der Waals surface area contributed by atoms with Crippen molar-refractivity contribution in [3.63, 3.8) is 0 Å². The van der Waals surface area contributed by atoms with E-state index in [0.717, 1.165) is 35.9 Å². The van der Waals surface area contributed by atoms with E-state index in [0.29, 0.717) is 6.54 Å². The van der Waals surface area contributed by atoms with Gasteiger partial charge in [0.05, 0.1) is 6.10 Å². The van der Waals surface area contributed by atoms with Crippen LogP contribution in [0.5, 0.6) is 0 Å². The number of aliphatic hydroxyl groups is 1. The molecule has 3 nitrogen and oxygen atoms in total. The number of benzene rings is 1. The Morgan fingerprint density at radius 1 is 1.39 bits per heavy atom. The summed E-state index contributed by atoms with van der Waals surface area (Å²) < 4.78 is 0. The molecule has 2 N–H and O–H groups in total. The molecule has 1 aliphatic heterocycles. The average molecular weight is 269 g/mol. The van der Waals surface area contributed by atoms with Crippen LogP contribution >= 0.6 is 11.6 Å². The minimum Gasteiger partial charge on any atom is -0.390 e. The number of hydrogen-bond donors (Lipinski definition) is 2. The van der Waals surface area contributed by atoms with E-state index in [1.54, 1.807) is 0 Å². The van der Waals surface area contributed by atoms with Gasteiger partial charge in [-0.15, -0.1) is 0 Å². The van der Waals surface area contributed by atoms with Gasteiger partial charge in [0.1, 0.15) is 0 Å². The van der Waals surface area contributed by atoms with Crippen LogP contribution in [0.25, 0.3) is 0 Å². The highest BCUT2D eigenvalue weighted by Gasteiger charge is 2.15. The minimum absolute atomic E-state index is 0.332. The van der Waals surface area contributed by atoms with Gasteiger partial charge in [-0.05, 0) is 50.6 Å². The number of halogens is 1. The molecule has 1 fully saturated rings. The van der Waals surface area contributed by atoms with Gasteiger partial charge in [-0.3, -0.25) is 0 Å². The van der Waals surface area contributed by atoms with E-state index in [4.69, 9.17) is 11.6 Å². The number of hydrogen-bond acceptors (Lipinski definition) is 3. The molecular formula is C14H21ClN2O. The summed E-state index contributed by atoms with van der Waals surface area (Å²) in [6.07, 6.45) is 2.18. The van der Waals surface area contributed by atoms with Gasteiger partial charge in [0.2, 0.25) is 0 Å². The van der Waals surface area contributed by atoms with Crippen molar-refractivity contribution in [2.75, 3.05) is 31.5 Å². The first-order valence-corrected chi connectivity index (χ1v) is 6.94. The predicted octanol–water partition coefficient (Wildman–Crippen LogP) is 2.52. The van der Waals surface area contributed by atoms with Crippen LogP contribution < -0.4 is 5.32 Å². The molecule has 0 aromatic heterocycles. The molecule has 18 heavy (non-hydrogen) atoms. The number of anilines is 1. The van der Waals surface area contributed by atoms with Gasteiger partial charge in [-0.2, -0.15) is 0 Å². The van der Waals surface area contributed by atoms with Crippen LogP contribution in [0.2, 0.25) is 5.02 Å². The second-order valence-corrected chi connectivity index (χ2v) is 5.36. The zero-order valence-corrected chi connectivity index (χ0v) is 11.6. The van der Waals surface area contributed by atoms with Crippen LogP contribution in [-0.4, -0.2) is 42.3 Å². The van der Waals surface area contributed by atoms with E-state index in [-0.39, 0.29) is 6.10 Å². The molecule has 0 saturated carbocycles. The van der Waals surface area contributed by atoms with Crippen molar-refractivity contribution in [1.29, 1.82) is 0 Å². The predicted molar refractivity (Wildman–Crippen MR) is 76.4 cm³/mol. The lowest BCUT2D eigenvalue weighted by Crippen LogP contribution is -2.34. The van der Waals surface area contributed by atoms with Gasteiger partial charge in [-0.25, -0.2) is 0 Å². The number of likely N-dealkylation sites (tertiary alicyclic amines) is 1. The third-order valence-corrected chi connectivity index (χ3v) is 3.87. The lowest BCUT2D eigenvalue weighted by atomic mass is 10.2. The molecule has 0 aliphatic carbocycles. The maximum atomic E-state index is 9.99. The number of rotatable bonds is 5. The van der Waals surface area contributed by atoms with Crippen LogP contribution in [0.3, 0.4) is 0 Å². The lowest BCUT2D eigenvalue weighted by molar-refractivity contribution is 0.135. The first kappa shape index (κ1) is 13.7. The van der Waals surface area contributed by atoms with Crippen LogP contribution in [0.4, 0.5) is 5.69 Å². The zero-order chi connectivity index (χ0) is 13.0. The largest absolute Gasteiger partial charge is 0.390 e. The summed E-state index contributed by atoms with van der Waals surface area (Å²) in [4.78, 5) is 2.32. The number of nitrogens with one attached hydrogen (secondary N) is 1. The van der Waals surface area contributed by atoms with Crippen LogP contribution in [0.15, 0.2) is 18.2 Å². The van der Waals surface area contributed by atoms with E-state index in [1.165, 1.54) is 12.8 Å². The Kier molecular flexibility index (Phi) is 4.87. The Morgan fingerprint density at radius 3 is 2.83 bits per heavy atom. The minimum atomic E-state index is -0.332. The SMILES string of the molecule is Cc1c(Cl)cccc1NCC(O)CN1CCCC1. The molecule has 1 aliphatic rings. The summed E-state index contributed by atoms with van der Waals surface area (Å²) in [5.74, 6) is 0. The van der Waals surface area contributed by atoms with Crippen molar-refractivity contribution >= 4 is 17.3 Å². The standard InChI is InChI=1S/C14H21ClN2O/c1-11-13(15)5-4-6-14(11)16-9-12(18)10-17-7-2-3-8-17/h4-6,12,16,18H,2-3,7-10H2,1H3. The van der Waals surface area contributed by atoms with Gasteiger partial charge in [-0.1, -0.05) is 17.7 Å². The monoisotopic (exact) mass is 268 g/mol. The van der Waals surface area contributed by atoms with E-state index in [1.807, 2.05) is 25.1 Å². The fraction of sp³-hybridized carbons (Fsp3) is 0.571. The molecule has 0 amide bonds. The average Bonchev–Trinajstić information content (AvgIpc) is 2.84. The Hall–Kier alpha value is -0.770. The Morgan fingerprint density at radius 2 is 2.11 bits per heavy atom. The van der Waals surface area contributed by atoms with Crippen molar-refractivity contribution in [2.24, 2.45) is 0 Å². The molecule has 1 saturated heterocycles. The summed E-state index contributed by atoms with van der Waals surface area (Å²) >= 11 is 6.06. The van der Waals surface area contributed by atoms with Gasteiger partial charge in [0.25, 0.3) is 0 Å². The maximum Gasteiger partial charge on any atom is 0.0839 e. The van der Waals surface area contributed by atoms with Gasteiger partial charge in [0, 0.05) is 23.8 Å². The highest BCUT2D eigenvalue weighted by Crippen LogP contribution is 2.22. The Balaban J connectivity index is 1.81. The van der Waals surface area contributed by atoms with Crippen molar-refractivity contribution in [3.8, 4) is 0 Å². The van der Waals surface area contributed by atoms with E-state index < -0.39 is 0 Å². The second-order valence-electron chi connectivity index (χ2n) is 4.95. The normalized spacial score (nSPS) is 17.9. The van der Waals surface area contributed by atoms with Crippen molar-refractivity contribution in [3.05, 3.63) is 28.8 Å². The van der Waals surface area contributed by atoms with Gasteiger partial charge >= 0.3 is 0 Å². The summed E-state index contributed by atoms with van der Waals surface area (Å²) in [5.41, 5.74) is 2.04. The maximum absolute atomic E-state index is 9.99. The van der Waals surface area contributed by atoms with E-state index >= 15 is 0 Å². The van der Waals surface area contributed by atoms with E-state index in [9.17, 15) is 5.11 Å². The van der Waals surface area contributed by atoms with Crippen LogP contribution in [0, 0.1) is 6.92 Å². The molecule has 1 atom stereocenters. The molecule has 0 radical (unpaired) electrons. The third-order valence-electron chi connectivity index (χ3n) is 3.46. The smallest absolute Gasteiger partial charge is 0.0839 e. The fourth-order valence-corrected chi connectivity index (χ4v) is 2.53. The molecule has 0 spiro atoms. The highest BCUT2D eigenvalue weighted by atomic mass is 35.5. The molecule has 100 valence electrons. The zero-order valence-electron chi connectivity index (χ0n) is 10.8. The molecule has 1 aromatic carbocycles. The molecule has 0 bridgehead atoms. The topological polar surface area (TPSA) is 35.5 Å². The summed E-state index contributed by atoms with van der Waals surface area (Å²) in [7, 11) is 0. The first-order chi connectivity index (χ1) is 8.66. The fourth-order valence-electron chi connectivity index (χ4n) is 2.35. The number of nitrogens with zero attached hydrogens (tertiary/aromatic N) is 1.